The molecule has 1 aromatic rings. The number of nitrogens with one attached hydrogen (secondary N) is 1. The van der Waals surface area contributed by atoms with Crippen LogP contribution in [0.2, 0.25) is 0 Å². The number of rotatable bonds is 6. The van der Waals surface area contributed by atoms with Gasteiger partial charge in [-0.3, -0.25) is 4.79 Å². The van der Waals surface area contributed by atoms with Crippen LogP contribution in [0.3, 0.4) is 0 Å². The van der Waals surface area contributed by atoms with Crippen molar-refractivity contribution in [3.8, 4) is 11.5 Å². The summed E-state index contributed by atoms with van der Waals surface area (Å²) >= 11 is 4.97. The lowest BCUT2D eigenvalue weighted by molar-refractivity contribution is 0.0941. The van der Waals surface area contributed by atoms with E-state index in [1.807, 2.05) is 13.8 Å². The van der Waals surface area contributed by atoms with Crippen molar-refractivity contribution >= 4 is 23.1 Å². The SMILES string of the molecule is COc1ccc(OC)c(C(=O)NCC(C)(C)C(N)=S)c1. The molecule has 1 amide bonds. The van der Waals surface area contributed by atoms with Gasteiger partial charge in [-0.25, -0.2) is 0 Å². The van der Waals surface area contributed by atoms with E-state index in [9.17, 15) is 4.79 Å². The molecule has 5 nitrogen and oxygen atoms in total. The average molecular weight is 296 g/mol. The second kappa shape index (κ2) is 6.56. The molecule has 6 heteroatoms. The maximum Gasteiger partial charge on any atom is 0.255 e. The van der Waals surface area contributed by atoms with Crippen molar-refractivity contribution in [3.63, 3.8) is 0 Å². The number of benzene rings is 1. The van der Waals surface area contributed by atoms with Gasteiger partial charge in [-0.15, -0.1) is 0 Å². The first-order valence-electron chi connectivity index (χ1n) is 6.12. The summed E-state index contributed by atoms with van der Waals surface area (Å²) in [7, 11) is 3.05. The molecule has 110 valence electrons. The van der Waals surface area contributed by atoms with Gasteiger partial charge < -0.3 is 20.5 Å². The Hall–Kier alpha value is -1.82. The van der Waals surface area contributed by atoms with Crippen LogP contribution in [0.25, 0.3) is 0 Å². The quantitative estimate of drug-likeness (QED) is 0.782. The molecule has 0 aliphatic rings. The number of ether oxygens (including phenoxy) is 2. The molecular formula is C14H20N2O3S. The molecule has 0 heterocycles. The maximum absolute atomic E-state index is 12.2. The highest BCUT2D eigenvalue weighted by Crippen LogP contribution is 2.24. The fourth-order valence-electron chi connectivity index (χ4n) is 1.48. The zero-order valence-electron chi connectivity index (χ0n) is 12.1. The topological polar surface area (TPSA) is 73.6 Å². The molecule has 1 rings (SSSR count). The number of methoxy groups -OCH3 is 2. The van der Waals surface area contributed by atoms with Gasteiger partial charge in [0.1, 0.15) is 11.5 Å². The molecule has 0 atom stereocenters. The van der Waals surface area contributed by atoms with Gasteiger partial charge in [0.2, 0.25) is 0 Å². The third kappa shape index (κ3) is 3.84. The van der Waals surface area contributed by atoms with Crippen LogP contribution in [0.1, 0.15) is 24.2 Å². The fraction of sp³-hybridized carbons (Fsp3) is 0.429. The van der Waals surface area contributed by atoms with Crippen molar-refractivity contribution < 1.29 is 14.3 Å². The second-order valence-corrected chi connectivity index (χ2v) is 5.44. The van der Waals surface area contributed by atoms with Crippen molar-refractivity contribution in [1.82, 2.24) is 5.32 Å². The highest BCUT2D eigenvalue weighted by molar-refractivity contribution is 7.80. The molecule has 3 N–H and O–H groups in total. The average Bonchev–Trinajstić information content (AvgIpc) is 2.43. The number of thiocarbonyl (C=S) groups is 1. The first kappa shape index (κ1) is 16.2. The largest absolute Gasteiger partial charge is 0.497 e. The van der Waals surface area contributed by atoms with Crippen LogP contribution >= 0.6 is 12.2 Å². The first-order valence-corrected chi connectivity index (χ1v) is 6.53. The van der Waals surface area contributed by atoms with Gasteiger partial charge in [0.15, 0.2) is 0 Å². The monoisotopic (exact) mass is 296 g/mol. The lowest BCUT2D eigenvalue weighted by atomic mass is 9.93. The van der Waals surface area contributed by atoms with E-state index in [2.05, 4.69) is 5.32 Å². The third-order valence-corrected chi connectivity index (χ3v) is 3.56. The van der Waals surface area contributed by atoms with Crippen molar-refractivity contribution in [1.29, 1.82) is 0 Å². The zero-order chi connectivity index (χ0) is 15.3. The van der Waals surface area contributed by atoms with E-state index >= 15 is 0 Å². The van der Waals surface area contributed by atoms with Gasteiger partial charge in [0, 0.05) is 12.0 Å². The summed E-state index contributed by atoms with van der Waals surface area (Å²) in [6.45, 7) is 4.10. The number of hydrogen-bond acceptors (Lipinski definition) is 4. The van der Waals surface area contributed by atoms with Crippen LogP contribution in [0.15, 0.2) is 18.2 Å². The number of nitrogens with two attached hydrogens (primary N) is 1. The molecule has 0 saturated heterocycles. The zero-order valence-corrected chi connectivity index (χ0v) is 13.0. The molecule has 0 aliphatic carbocycles. The minimum atomic E-state index is -0.447. The highest BCUT2D eigenvalue weighted by Gasteiger charge is 2.23. The molecule has 0 unspecified atom stereocenters. The van der Waals surface area contributed by atoms with Crippen LogP contribution in [0.4, 0.5) is 0 Å². The van der Waals surface area contributed by atoms with E-state index in [0.29, 0.717) is 28.6 Å². The summed E-state index contributed by atoms with van der Waals surface area (Å²) in [5, 5.41) is 2.80. The summed E-state index contributed by atoms with van der Waals surface area (Å²) in [6, 6.07) is 5.04. The number of carbonyl (C=O) groups is 1. The van der Waals surface area contributed by atoms with E-state index in [4.69, 9.17) is 27.4 Å². The molecule has 0 fully saturated rings. The number of hydrogen-bond donors (Lipinski definition) is 2. The first-order chi connectivity index (χ1) is 9.31. The summed E-state index contributed by atoms with van der Waals surface area (Å²) in [4.78, 5) is 12.6. The Labute approximate surface area is 124 Å². The van der Waals surface area contributed by atoms with Crippen LogP contribution in [0.5, 0.6) is 11.5 Å². The molecule has 0 radical (unpaired) electrons. The maximum atomic E-state index is 12.2. The minimum absolute atomic E-state index is 0.259. The molecular weight excluding hydrogens is 276 g/mol. The van der Waals surface area contributed by atoms with E-state index < -0.39 is 5.41 Å². The van der Waals surface area contributed by atoms with Crippen molar-refractivity contribution in [2.75, 3.05) is 20.8 Å². The van der Waals surface area contributed by atoms with Gasteiger partial charge in [-0.2, -0.15) is 0 Å². The molecule has 20 heavy (non-hydrogen) atoms. The van der Waals surface area contributed by atoms with E-state index in [1.165, 1.54) is 7.11 Å². The van der Waals surface area contributed by atoms with Gasteiger partial charge >= 0.3 is 0 Å². The Bertz CT molecular complexity index is 515. The number of amides is 1. The van der Waals surface area contributed by atoms with E-state index in [1.54, 1.807) is 25.3 Å². The Morgan fingerprint density at radius 1 is 1.35 bits per heavy atom. The number of carbonyl (C=O) groups excluding carboxylic acids is 1. The van der Waals surface area contributed by atoms with Crippen LogP contribution in [-0.4, -0.2) is 31.7 Å². The van der Waals surface area contributed by atoms with Gasteiger partial charge in [0.05, 0.1) is 24.8 Å². The Balaban J connectivity index is 2.89. The molecule has 0 bridgehead atoms. The lowest BCUT2D eigenvalue weighted by Crippen LogP contribution is -2.41. The van der Waals surface area contributed by atoms with Crippen LogP contribution in [-0.2, 0) is 0 Å². The van der Waals surface area contributed by atoms with Crippen LogP contribution in [0, 0.1) is 5.41 Å². The van der Waals surface area contributed by atoms with Crippen molar-refractivity contribution in [2.45, 2.75) is 13.8 Å². The predicted octanol–water partition coefficient (Wildman–Crippen LogP) is 1.75. The lowest BCUT2D eigenvalue weighted by Gasteiger charge is -2.23. The summed E-state index contributed by atoms with van der Waals surface area (Å²) < 4.78 is 10.3. The van der Waals surface area contributed by atoms with Gasteiger partial charge in [-0.1, -0.05) is 26.1 Å². The van der Waals surface area contributed by atoms with Crippen molar-refractivity contribution in [3.05, 3.63) is 23.8 Å². The van der Waals surface area contributed by atoms with Crippen LogP contribution < -0.4 is 20.5 Å². The smallest absolute Gasteiger partial charge is 0.255 e. The minimum Gasteiger partial charge on any atom is -0.497 e. The van der Waals surface area contributed by atoms with E-state index in [0.717, 1.165) is 0 Å². The molecule has 0 aromatic heterocycles. The second-order valence-electron chi connectivity index (χ2n) is 5.00. The Morgan fingerprint density at radius 2 is 2.00 bits per heavy atom. The normalized spacial score (nSPS) is 10.8. The predicted molar refractivity (Wildman–Crippen MR) is 82.4 cm³/mol. The summed E-state index contributed by atoms with van der Waals surface area (Å²) in [6.07, 6.45) is 0. The Kier molecular flexibility index (Phi) is 5.33. The highest BCUT2D eigenvalue weighted by atomic mass is 32.1. The summed E-state index contributed by atoms with van der Waals surface area (Å²) in [5.41, 5.74) is 5.59. The Morgan fingerprint density at radius 3 is 2.50 bits per heavy atom. The standard InChI is InChI=1S/C14H20N2O3S/c1-14(2,13(15)20)8-16-12(17)10-7-9(18-3)5-6-11(10)19-4/h5-7H,8H2,1-4H3,(H2,15,20)(H,16,17). The van der Waals surface area contributed by atoms with Gasteiger partial charge in [-0.05, 0) is 18.2 Å². The third-order valence-electron chi connectivity index (χ3n) is 3.01. The van der Waals surface area contributed by atoms with Crippen molar-refractivity contribution in [2.24, 2.45) is 11.1 Å². The van der Waals surface area contributed by atoms with Gasteiger partial charge in [0.25, 0.3) is 5.91 Å². The molecule has 0 aliphatic heterocycles. The van der Waals surface area contributed by atoms with E-state index in [-0.39, 0.29) is 5.91 Å². The fourth-order valence-corrected chi connectivity index (χ4v) is 1.55. The molecule has 0 saturated carbocycles. The molecule has 1 aromatic carbocycles. The summed E-state index contributed by atoms with van der Waals surface area (Å²) in [5.74, 6) is 0.811. The molecule has 0 spiro atoms.